The summed E-state index contributed by atoms with van der Waals surface area (Å²) in [5.74, 6) is -1.48. The molecular weight excluding hydrogens is 416 g/mol. The smallest absolute Gasteiger partial charge is 0.428 e. The normalized spacial score (nSPS) is 17.5. The molecule has 0 radical (unpaired) electrons. The van der Waals surface area contributed by atoms with E-state index < -0.39 is 49.4 Å². The Labute approximate surface area is 184 Å². The van der Waals surface area contributed by atoms with Crippen molar-refractivity contribution in [3.05, 3.63) is 29.8 Å². The van der Waals surface area contributed by atoms with Gasteiger partial charge in [-0.05, 0) is 38.5 Å². The van der Waals surface area contributed by atoms with Crippen molar-refractivity contribution in [2.24, 2.45) is 5.92 Å². The van der Waals surface area contributed by atoms with Gasteiger partial charge in [-0.2, -0.15) is 0 Å². The Morgan fingerprint density at radius 2 is 1.71 bits per heavy atom. The third-order valence-electron chi connectivity index (χ3n) is 3.94. The van der Waals surface area contributed by atoms with E-state index in [0.717, 1.165) is 0 Å². The molecule has 0 bridgehead atoms. The summed E-state index contributed by atoms with van der Waals surface area (Å²) in [7, 11) is -1.83. The second kappa shape index (κ2) is 8.75. The fraction of sp³-hybridized carbons (Fsp3) is 0.522. The zero-order valence-electron chi connectivity index (χ0n) is 19.3. The van der Waals surface area contributed by atoms with Gasteiger partial charge in [0.25, 0.3) is 5.79 Å². The first-order chi connectivity index (χ1) is 14.1. The molecule has 0 N–H and O–H groups in total. The van der Waals surface area contributed by atoms with E-state index in [1.165, 1.54) is 13.8 Å². The number of rotatable bonds is 3. The van der Waals surface area contributed by atoms with Crippen molar-refractivity contribution in [3.8, 4) is 17.2 Å². The molecule has 1 aromatic carbocycles. The van der Waals surface area contributed by atoms with Crippen molar-refractivity contribution in [2.75, 3.05) is 0 Å². The molecule has 0 aliphatic carbocycles. The molecule has 0 unspecified atom stereocenters. The number of esters is 2. The maximum atomic E-state index is 12.7. The lowest BCUT2D eigenvalue weighted by molar-refractivity contribution is -0.240. The second-order valence-electron chi connectivity index (χ2n) is 9.86. The van der Waals surface area contributed by atoms with Crippen LogP contribution in [0.1, 0.15) is 46.1 Å². The molecule has 1 aliphatic heterocycles. The third kappa shape index (κ3) is 7.44. The molecule has 1 saturated heterocycles. The summed E-state index contributed by atoms with van der Waals surface area (Å²) in [5, 5.41) is 0. The van der Waals surface area contributed by atoms with Crippen molar-refractivity contribution in [1.82, 2.24) is 0 Å². The standard InChI is InChI=1S/C23H30O7Si/c1-22(2,3)30-21(26)27-16-11-9-10-15(14-16)17(12-13-31(6,7)8)18-19(24)28-23(4,5)29-20(18)25/h9-11,14,17-18H,1-8H3/t17-/m1/s1. The van der Waals surface area contributed by atoms with Crippen LogP contribution < -0.4 is 4.74 Å². The Bertz CT molecular complexity index is 906. The number of carbonyl (C=O) groups is 3. The van der Waals surface area contributed by atoms with Crippen LogP contribution in [0.3, 0.4) is 0 Å². The van der Waals surface area contributed by atoms with Gasteiger partial charge in [-0.15, -0.1) is 11.5 Å². The zero-order valence-corrected chi connectivity index (χ0v) is 20.3. The average Bonchev–Trinajstić information content (AvgIpc) is 2.53. The van der Waals surface area contributed by atoms with Crippen molar-refractivity contribution in [1.29, 1.82) is 0 Å². The van der Waals surface area contributed by atoms with Crippen molar-refractivity contribution >= 4 is 26.2 Å². The van der Waals surface area contributed by atoms with Crippen molar-refractivity contribution in [2.45, 2.75) is 71.6 Å². The van der Waals surface area contributed by atoms with Crippen LogP contribution in [0.25, 0.3) is 0 Å². The number of ether oxygens (including phenoxy) is 4. The van der Waals surface area contributed by atoms with Crippen LogP contribution in [0.2, 0.25) is 19.6 Å². The summed E-state index contributed by atoms with van der Waals surface area (Å²) in [4.78, 5) is 37.4. The number of cyclic esters (lactones) is 2. The van der Waals surface area contributed by atoms with Gasteiger partial charge >= 0.3 is 18.1 Å². The zero-order chi connectivity index (χ0) is 23.6. The average molecular weight is 447 g/mol. The summed E-state index contributed by atoms with van der Waals surface area (Å²) < 4.78 is 21.0. The van der Waals surface area contributed by atoms with Crippen LogP contribution in [-0.2, 0) is 23.8 Å². The number of carbonyl (C=O) groups excluding carboxylic acids is 3. The molecule has 1 fully saturated rings. The van der Waals surface area contributed by atoms with Gasteiger partial charge in [-0.3, -0.25) is 9.59 Å². The predicted molar refractivity (Wildman–Crippen MR) is 117 cm³/mol. The molecule has 0 amide bonds. The third-order valence-corrected chi connectivity index (χ3v) is 4.84. The van der Waals surface area contributed by atoms with E-state index in [-0.39, 0.29) is 5.75 Å². The molecule has 0 aromatic heterocycles. The van der Waals surface area contributed by atoms with Crippen LogP contribution in [-0.4, -0.2) is 37.6 Å². The van der Waals surface area contributed by atoms with E-state index >= 15 is 0 Å². The molecule has 0 spiro atoms. The van der Waals surface area contributed by atoms with Gasteiger partial charge in [-0.1, -0.05) is 31.8 Å². The molecule has 1 atom stereocenters. The van der Waals surface area contributed by atoms with Crippen LogP contribution in [0.5, 0.6) is 5.75 Å². The molecule has 31 heavy (non-hydrogen) atoms. The molecule has 0 saturated carbocycles. The van der Waals surface area contributed by atoms with Crippen molar-refractivity contribution in [3.63, 3.8) is 0 Å². The first-order valence-electron chi connectivity index (χ1n) is 10.1. The monoisotopic (exact) mass is 446 g/mol. The SMILES string of the molecule is CC(C)(C)OC(=O)Oc1cccc([C@@H](C#C[Si](C)(C)C)C2C(=O)OC(C)(C)OC2=O)c1. The highest BCUT2D eigenvalue weighted by atomic mass is 28.3. The number of benzene rings is 1. The first kappa shape index (κ1) is 24.5. The maximum absolute atomic E-state index is 12.7. The Hall–Kier alpha value is -2.79. The van der Waals surface area contributed by atoms with Gasteiger partial charge in [-0.25, -0.2) is 4.79 Å². The summed E-state index contributed by atoms with van der Waals surface area (Å²) in [6.07, 6.45) is -0.854. The molecule has 1 aromatic rings. The minimum atomic E-state index is -1.83. The lowest BCUT2D eigenvalue weighted by Gasteiger charge is -2.34. The largest absolute Gasteiger partial charge is 0.514 e. The maximum Gasteiger partial charge on any atom is 0.514 e. The van der Waals surface area contributed by atoms with Crippen LogP contribution in [0.4, 0.5) is 4.79 Å². The topological polar surface area (TPSA) is 88.1 Å². The number of hydrogen-bond donors (Lipinski definition) is 0. The van der Waals surface area contributed by atoms with Gasteiger partial charge in [0.15, 0.2) is 5.92 Å². The van der Waals surface area contributed by atoms with Gasteiger partial charge < -0.3 is 18.9 Å². The van der Waals surface area contributed by atoms with Gasteiger partial charge in [0, 0.05) is 13.8 Å². The highest BCUT2D eigenvalue weighted by Crippen LogP contribution is 2.34. The second-order valence-corrected chi connectivity index (χ2v) is 14.6. The van der Waals surface area contributed by atoms with Crippen LogP contribution >= 0.6 is 0 Å². The van der Waals surface area contributed by atoms with Crippen LogP contribution in [0.15, 0.2) is 24.3 Å². The van der Waals surface area contributed by atoms with Gasteiger partial charge in [0.1, 0.15) is 19.4 Å². The fourth-order valence-corrected chi connectivity index (χ4v) is 3.38. The van der Waals surface area contributed by atoms with E-state index in [0.29, 0.717) is 5.56 Å². The highest BCUT2D eigenvalue weighted by molar-refractivity contribution is 6.83. The Morgan fingerprint density at radius 1 is 1.13 bits per heavy atom. The molecule has 8 heteroatoms. The van der Waals surface area contributed by atoms with Gasteiger partial charge in [0.2, 0.25) is 0 Å². The molecule has 1 heterocycles. The quantitative estimate of drug-likeness (QED) is 0.223. The number of hydrogen-bond acceptors (Lipinski definition) is 7. The summed E-state index contributed by atoms with van der Waals surface area (Å²) in [6, 6.07) is 6.51. The molecular formula is C23H30O7Si. The van der Waals surface area contributed by atoms with E-state index in [1.54, 1.807) is 45.0 Å². The Balaban J connectivity index is 2.41. The summed E-state index contributed by atoms with van der Waals surface area (Å²) in [5.41, 5.74) is 3.04. The van der Waals surface area contributed by atoms with Gasteiger partial charge in [0.05, 0.1) is 5.92 Å². The first-order valence-corrected chi connectivity index (χ1v) is 13.6. The van der Waals surface area contributed by atoms with E-state index in [4.69, 9.17) is 18.9 Å². The minimum absolute atomic E-state index is 0.212. The molecule has 1 aliphatic rings. The molecule has 2 rings (SSSR count). The lowest BCUT2D eigenvalue weighted by Crippen LogP contribution is -2.48. The molecule has 7 nitrogen and oxygen atoms in total. The minimum Gasteiger partial charge on any atom is -0.428 e. The van der Waals surface area contributed by atoms with Crippen molar-refractivity contribution < 1.29 is 33.3 Å². The summed E-state index contributed by atoms with van der Waals surface area (Å²) in [6.45, 7) is 14.4. The van der Waals surface area contributed by atoms with Crippen LogP contribution in [0, 0.1) is 17.4 Å². The fourth-order valence-electron chi connectivity index (χ4n) is 2.79. The van der Waals surface area contributed by atoms with E-state index in [9.17, 15) is 14.4 Å². The van der Waals surface area contributed by atoms with E-state index in [1.807, 2.05) is 0 Å². The molecule has 168 valence electrons. The summed E-state index contributed by atoms with van der Waals surface area (Å²) >= 11 is 0. The van der Waals surface area contributed by atoms with E-state index in [2.05, 4.69) is 31.1 Å². The highest BCUT2D eigenvalue weighted by Gasteiger charge is 2.47. The Morgan fingerprint density at radius 3 is 2.23 bits per heavy atom. The predicted octanol–water partition coefficient (Wildman–Crippen LogP) is 4.42. The Kier molecular flexibility index (Phi) is 6.91. The lowest BCUT2D eigenvalue weighted by atomic mass is 9.86.